The molecule has 1 heterocycles. The van der Waals surface area contributed by atoms with Gasteiger partial charge < -0.3 is 0 Å². The van der Waals surface area contributed by atoms with Gasteiger partial charge in [-0.15, -0.1) is 0 Å². The van der Waals surface area contributed by atoms with Crippen LogP contribution in [-0.2, 0) is 12.4 Å². The highest BCUT2D eigenvalue weighted by atomic mass is 19.4. The Labute approximate surface area is 197 Å². The zero-order chi connectivity index (χ0) is 26.4. The first-order valence-electron chi connectivity index (χ1n) is 10.2. The van der Waals surface area contributed by atoms with Gasteiger partial charge in [-0.05, 0) is 61.0 Å². The molecule has 0 atom stereocenters. The van der Waals surface area contributed by atoms with Crippen LogP contribution in [0, 0.1) is 6.92 Å². The summed E-state index contributed by atoms with van der Waals surface area (Å²) in [4.78, 5) is 40.0. The van der Waals surface area contributed by atoms with Crippen molar-refractivity contribution < 1.29 is 26.3 Å². The minimum absolute atomic E-state index is 0.0357. The predicted octanol–water partition coefficient (Wildman–Crippen LogP) is 4.49. The Morgan fingerprint density at radius 3 is 1.19 bits per heavy atom. The molecule has 12 heteroatoms. The first-order chi connectivity index (χ1) is 16.8. The van der Waals surface area contributed by atoms with Crippen molar-refractivity contribution in [2.75, 3.05) is 0 Å². The maximum Gasteiger partial charge on any atom is 0.416 e. The Bertz CT molecular complexity index is 1550. The highest BCUT2D eigenvalue weighted by Gasteiger charge is 2.32. The Morgan fingerprint density at radius 2 is 0.861 bits per heavy atom. The van der Waals surface area contributed by atoms with Crippen LogP contribution in [0.15, 0.2) is 87.2 Å². The van der Waals surface area contributed by atoms with Gasteiger partial charge in [0.15, 0.2) is 0 Å². The van der Waals surface area contributed by atoms with Crippen LogP contribution in [0.2, 0.25) is 0 Å². The minimum Gasteiger partial charge on any atom is -0.246 e. The third-order valence-corrected chi connectivity index (χ3v) is 5.27. The van der Waals surface area contributed by atoms with E-state index in [4.69, 9.17) is 0 Å². The number of rotatable bonds is 3. The Balaban J connectivity index is 2.14. The van der Waals surface area contributed by atoms with E-state index >= 15 is 0 Å². The third kappa shape index (κ3) is 4.49. The van der Waals surface area contributed by atoms with Crippen molar-refractivity contribution in [3.8, 4) is 17.1 Å². The summed E-state index contributed by atoms with van der Waals surface area (Å²) in [5, 5.41) is 0. The second-order valence-electron chi connectivity index (χ2n) is 7.79. The molecule has 0 bridgehead atoms. The number of alkyl halides is 6. The lowest BCUT2D eigenvalue weighted by molar-refractivity contribution is -0.138. The summed E-state index contributed by atoms with van der Waals surface area (Å²) in [7, 11) is 0. The van der Waals surface area contributed by atoms with Crippen molar-refractivity contribution in [2.24, 2.45) is 0 Å². The molecule has 186 valence electrons. The fraction of sp³-hybridized carbons (Fsp3) is 0.125. The molecule has 0 amide bonds. The van der Waals surface area contributed by atoms with Crippen LogP contribution in [-0.4, -0.2) is 13.7 Å². The summed E-state index contributed by atoms with van der Waals surface area (Å²) in [5.41, 5.74) is -6.86. The predicted molar refractivity (Wildman–Crippen MR) is 118 cm³/mol. The molecular formula is C24H15F6N3O3. The lowest BCUT2D eigenvalue weighted by atomic mass is 10.2. The molecular weight excluding hydrogens is 492 g/mol. The monoisotopic (exact) mass is 507 g/mol. The summed E-state index contributed by atoms with van der Waals surface area (Å²) in [6, 6.07) is 12.4. The molecule has 0 spiro atoms. The van der Waals surface area contributed by atoms with E-state index < -0.39 is 51.9 Å². The van der Waals surface area contributed by atoms with Crippen LogP contribution in [0.3, 0.4) is 0 Å². The molecule has 0 aliphatic carbocycles. The van der Waals surface area contributed by atoms with Crippen molar-refractivity contribution in [1.82, 2.24) is 13.7 Å². The van der Waals surface area contributed by atoms with E-state index in [9.17, 15) is 40.7 Å². The Hall–Kier alpha value is -4.35. The van der Waals surface area contributed by atoms with Gasteiger partial charge in [0.2, 0.25) is 0 Å². The van der Waals surface area contributed by atoms with Gasteiger partial charge in [-0.3, -0.25) is 0 Å². The van der Waals surface area contributed by atoms with Crippen molar-refractivity contribution >= 4 is 0 Å². The van der Waals surface area contributed by atoms with Gasteiger partial charge in [-0.2, -0.15) is 26.3 Å². The topological polar surface area (TPSA) is 66.0 Å². The van der Waals surface area contributed by atoms with Crippen LogP contribution < -0.4 is 17.1 Å². The first kappa shape index (κ1) is 24.8. The maximum absolute atomic E-state index is 13.3. The number of benzene rings is 3. The summed E-state index contributed by atoms with van der Waals surface area (Å²) < 4.78 is 81.0. The van der Waals surface area contributed by atoms with Crippen molar-refractivity contribution in [3.63, 3.8) is 0 Å². The fourth-order valence-corrected chi connectivity index (χ4v) is 3.62. The van der Waals surface area contributed by atoms with Gasteiger partial charge in [0.1, 0.15) is 0 Å². The van der Waals surface area contributed by atoms with Crippen molar-refractivity contribution in [1.29, 1.82) is 0 Å². The van der Waals surface area contributed by atoms with Crippen LogP contribution in [0.1, 0.15) is 16.7 Å². The second-order valence-corrected chi connectivity index (χ2v) is 7.79. The van der Waals surface area contributed by atoms with E-state index in [-0.39, 0.29) is 5.69 Å². The second kappa shape index (κ2) is 8.70. The lowest BCUT2D eigenvalue weighted by Crippen LogP contribution is -2.52. The van der Waals surface area contributed by atoms with Crippen LogP contribution in [0.4, 0.5) is 26.3 Å². The number of aryl methyl sites for hydroxylation is 1. The van der Waals surface area contributed by atoms with Gasteiger partial charge >= 0.3 is 29.4 Å². The summed E-state index contributed by atoms with van der Waals surface area (Å²) in [6.45, 7) is 1.64. The zero-order valence-electron chi connectivity index (χ0n) is 18.3. The van der Waals surface area contributed by atoms with Gasteiger partial charge in [0.05, 0.1) is 28.2 Å². The molecule has 0 saturated heterocycles. The van der Waals surface area contributed by atoms with E-state index in [1.165, 1.54) is 18.2 Å². The van der Waals surface area contributed by atoms with E-state index in [1.807, 2.05) is 0 Å². The van der Waals surface area contributed by atoms with Crippen molar-refractivity contribution in [2.45, 2.75) is 19.3 Å². The number of hydrogen-bond donors (Lipinski definition) is 0. The summed E-state index contributed by atoms with van der Waals surface area (Å²) in [5.74, 6) is 0. The molecule has 3 aromatic carbocycles. The van der Waals surface area contributed by atoms with E-state index in [0.717, 1.165) is 36.4 Å². The molecule has 0 unspecified atom stereocenters. The molecule has 36 heavy (non-hydrogen) atoms. The smallest absolute Gasteiger partial charge is 0.246 e. The van der Waals surface area contributed by atoms with Crippen molar-refractivity contribution in [3.05, 3.63) is 121 Å². The zero-order valence-corrected chi connectivity index (χ0v) is 18.3. The fourth-order valence-electron chi connectivity index (χ4n) is 3.62. The number of aromatic nitrogens is 3. The molecule has 0 N–H and O–H groups in total. The minimum atomic E-state index is -4.81. The Kier molecular flexibility index (Phi) is 5.99. The average Bonchev–Trinajstić information content (AvgIpc) is 2.78. The van der Waals surface area contributed by atoms with E-state index in [2.05, 4.69) is 0 Å². The van der Waals surface area contributed by atoms with Crippen LogP contribution in [0.5, 0.6) is 0 Å². The lowest BCUT2D eigenvalue weighted by Gasteiger charge is -2.16. The van der Waals surface area contributed by atoms with E-state index in [0.29, 0.717) is 31.4 Å². The van der Waals surface area contributed by atoms with Crippen LogP contribution >= 0.6 is 0 Å². The molecule has 1 aromatic heterocycles. The molecule has 0 radical (unpaired) electrons. The quantitative estimate of drug-likeness (QED) is 0.384. The van der Waals surface area contributed by atoms with Gasteiger partial charge in [0, 0.05) is 0 Å². The van der Waals surface area contributed by atoms with E-state index in [1.54, 1.807) is 13.0 Å². The summed E-state index contributed by atoms with van der Waals surface area (Å²) >= 11 is 0. The molecule has 0 fully saturated rings. The maximum atomic E-state index is 13.3. The molecule has 0 aliphatic heterocycles. The van der Waals surface area contributed by atoms with Gasteiger partial charge in [-0.25, -0.2) is 28.1 Å². The van der Waals surface area contributed by atoms with Gasteiger partial charge in [-0.1, -0.05) is 24.3 Å². The molecule has 4 aromatic rings. The highest BCUT2D eigenvalue weighted by Crippen LogP contribution is 2.31. The van der Waals surface area contributed by atoms with Crippen LogP contribution in [0.25, 0.3) is 17.1 Å². The number of nitrogens with zero attached hydrogens (tertiary/aromatic N) is 3. The third-order valence-electron chi connectivity index (χ3n) is 5.27. The number of halogens is 6. The molecule has 0 saturated carbocycles. The summed E-state index contributed by atoms with van der Waals surface area (Å²) in [6.07, 6.45) is -9.63. The molecule has 6 nitrogen and oxygen atoms in total. The molecule has 4 rings (SSSR count). The standard InChI is InChI=1S/C24H15F6N3O3/c1-14-5-2-8-17(11-14)31-20(34)32(18-9-3-6-15(12-18)23(25,26)27)22(36)33(21(31)35)19-10-4-7-16(13-19)24(28,29)30/h2-13H,1H3. The SMILES string of the molecule is Cc1cccc(-n2c(=O)n(-c3cccc(C(F)(F)F)c3)c(=O)n(-c3cccc(C(F)(F)F)c3)c2=O)c1. The largest absolute Gasteiger partial charge is 0.416 e. The number of hydrogen-bond acceptors (Lipinski definition) is 3. The molecule has 0 aliphatic rings. The highest BCUT2D eigenvalue weighted by molar-refractivity contribution is 5.41. The first-order valence-corrected chi connectivity index (χ1v) is 10.2. The Morgan fingerprint density at radius 1 is 0.528 bits per heavy atom. The van der Waals surface area contributed by atoms with Gasteiger partial charge in [0.25, 0.3) is 0 Å². The average molecular weight is 507 g/mol. The normalized spacial score (nSPS) is 12.1.